The Kier molecular flexibility index (Phi) is 15.6. The summed E-state index contributed by atoms with van der Waals surface area (Å²) >= 11 is 0. The van der Waals surface area contributed by atoms with Crippen molar-refractivity contribution in [3.05, 3.63) is 195 Å². The summed E-state index contributed by atoms with van der Waals surface area (Å²) in [6.07, 6.45) is -52.8. The van der Waals surface area contributed by atoms with Crippen LogP contribution in [0.15, 0.2) is 140 Å². The van der Waals surface area contributed by atoms with Gasteiger partial charge in [0.25, 0.3) is 5.69 Å². The molecule has 0 aliphatic carbocycles. The molecule has 0 amide bonds. The molecule has 7 rings (SSSR count). The van der Waals surface area contributed by atoms with Crippen LogP contribution in [0.1, 0.15) is 67.5 Å². The van der Waals surface area contributed by atoms with E-state index in [1.165, 1.54) is 5.56 Å². The maximum atomic E-state index is 14.2. The predicted molar refractivity (Wildman–Crippen MR) is 230 cm³/mol. The SMILES string of the molecule is CC(=O)c1c2ccccc2cc[n+]1Cc1ccccc1.FC(F)(F)c1cc([B-](c2cc(C(F)(F)F)cc(C(F)(F)F)c2)(c2cc(C(F)(F)F)cc(C(F)(F)F)c2)c2cc(C(F)(F)F)cc(C(F)(F)F)c2)cc(C(F)(F)F)c1. The van der Waals surface area contributed by atoms with Gasteiger partial charge in [0.2, 0.25) is 5.78 Å². The van der Waals surface area contributed by atoms with Crippen molar-refractivity contribution in [3.63, 3.8) is 0 Å². The summed E-state index contributed by atoms with van der Waals surface area (Å²) in [6.45, 7) is 2.34. The normalized spacial score (nSPS) is 13.4. The van der Waals surface area contributed by atoms with Crippen molar-refractivity contribution < 1.29 is 115 Å². The first kappa shape index (κ1) is 59.0. The van der Waals surface area contributed by atoms with E-state index in [9.17, 15) is 110 Å². The average molecular weight is 1130 g/mol. The first-order valence-electron chi connectivity index (χ1n) is 21.3. The Labute approximate surface area is 417 Å². The van der Waals surface area contributed by atoms with Crippen LogP contribution in [0.3, 0.4) is 0 Å². The molecule has 410 valence electrons. The fourth-order valence-electron chi connectivity index (χ4n) is 8.63. The molecule has 0 atom stereocenters. The number of benzene rings is 6. The highest BCUT2D eigenvalue weighted by molar-refractivity contribution is 7.20. The van der Waals surface area contributed by atoms with Gasteiger partial charge in [-0.15, -0.1) is 0 Å². The molecule has 27 heteroatoms. The smallest absolute Gasteiger partial charge is 0.288 e. The summed E-state index contributed by atoms with van der Waals surface area (Å²) in [5.74, 6) is 0.0951. The number of aromatic nitrogens is 1. The van der Waals surface area contributed by atoms with Crippen LogP contribution in [0.4, 0.5) is 105 Å². The molecule has 0 N–H and O–H groups in total. The molecule has 6 aromatic carbocycles. The molecule has 0 bridgehead atoms. The van der Waals surface area contributed by atoms with Gasteiger partial charge in [-0.05, 0) is 35.7 Å². The minimum absolute atomic E-state index is 0.0951. The Morgan fingerprint density at radius 2 is 0.623 bits per heavy atom. The highest BCUT2D eigenvalue weighted by Gasteiger charge is 2.47. The number of Topliss-reactive ketones (excluding diaryl/α,β-unsaturated/α-hetero) is 1. The second-order valence-electron chi connectivity index (χ2n) is 17.1. The molecule has 77 heavy (non-hydrogen) atoms. The number of ketones is 1. The zero-order valence-electron chi connectivity index (χ0n) is 38.0. The number of carbonyl (C=O) groups is 1. The second-order valence-corrected chi connectivity index (χ2v) is 17.1. The summed E-state index contributed by atoms with van der Waals surface area (Å²) in [7, 11) is 0. The number of halogens is 24. The Hall–Kier alpha value is -7.22. The van der Waals surface area contributed by atoms with Crippen molar-refractivity contribution in [1.82, 2.24) is 0 Å². The molecule has 0 saturated carbocycles. The Morgan fingerprint density at radius 1 is 0.364 bits per heavy atom. The average Bonchev–Trinajstić information content (AvgIpc) is 3.29. The number of alkyl halides is 24. The standard InChI is InChI=1S/C32H12BF24.C18H16NO/c34-25(35,36)13-1-14(26(37,38)39)6-21(5-13)33(22-7-15(27(40,41)42)2-16(8-22)28(43,44)45,23-9-17(29(46,47)48)3-18(10-23)30(49,50)51)24-11-19(31(52,53)54)4-20(12-24)32(55,56)57;1-14(20)18-17-10-6-5-9-16(17)11-12-19(18)13-15-7-3-2-4-8-15/h1-12H;2-12H,13H2,1H3/q-1;+1. The van der Waals surface area contributed by atoms with Crippen LogP contribution in [-0.4, -0.2) is 11.9 Å². The van der Waals surface area contributed by atoms with Crippen LogP contribution in [-0.2, 0) is 56.0 Å². The summed E-state index contributed by atoms with van der Waals surface area (Å²) in [5, 5.41) is 2.11. The molecule has 0 fully saturated rings. The van der Waals surface area contributed by atoms with Crippen LogP contribution in [0, 0.1) is 0 Å². The minimum atomic E-state index is -6.13. The molecule has 0 radical (unpaired) electrons. The lowest BCUT2D eigenvalue weighted by molar-refractivity contribution is -0.688. The van der Waals surface area contributed by atoms with Crippen LogP contribution in [0.25, 0.3) is 10.8 Å². The molecule has 7 aromatic rings. The maximum Gasteiger partial charge on any atom is 0.416 e. The summed E-state index contributed by atoms with van der Waals surface area (Å²) in [5.41, 5.74) is -28.2. The highest BCUT2D eigenvalue weighted by Crippen LogP contribution is 2.41. The van der Waals surface area contributed by atoms with Crippen molar-refractivity contribution in [2.45, 2.75) is 62.9 Å². The summed E-state index contributed by atoms with van der Waals surface area (Å²) in [6, 6.07) is 11.4. The number of fused-ring (bicyclic) bond motifs is 1. The lowest BCUT2D eigenvalue weighted by Crippen LogP contribution is -2.75. The Balaban J connectivity index is 0.000000397. The van der Waals surface area contributed by atoms with Gasteiger partial charge in [-0.2, -0.15) is 132 Å². The quantitative estimate of drug-likeness (QED) is 0.0674. The van der Waals surface area contributed by atoms with E-state index in [1.54, 1.807) is 6.92 Å². The zero-order valence-corrected chi connectivity index (χ0v) is 38.0. The van der Waals surface area contributed by atoms with E-state index in [0.29, 0.717) is 6.54 Å². The fourth-order valence-corrected chi connectivity index (χ4v) is 8.63. The van der Waals surface area contributed by atoms with E-state index in [4.69, 9.17) is 0 Å². The third kappa shape index (κ3) is 13.1. The van der Waals surface area contributed by atoms with Gasteiger partial charge in [-0.3, -0.25) is 4.79 Å². The molecule has 0 aliphatic rings. The van der Waals surface area contributed by atoms with Crippen LogP contribution in [0.5, 0.6) is 0 Å². The van der Waals surface area contributed by atoms with E-state index < -0.39 is 195 Å². The molecule has 0 aliphatic heterocycles. The number of hydrogen-bond acceptors (Lipinski definition) is 1. The van der Waals surface area contributed by atoms with Gasteiger partial charge in [-0.1, -0.05) is 97.1 Å². The van der Waals surface area contributed by atoms with Gasteiger partial charge in [0, 0.05) is 18.6 Å². The highest BCUT2D eigenvalue weighted by atomic mass is 19.4. The van der Waals surface area contributed by atoms with Crippen LogP contribution in [0.2, 0.25) is 0 Å². The number of rotatable bonds is 7. The van der Waals surface area contributed by atoms with Crippen LogP contribution < -0.4 is 26.4 Å². The molecule has 1 aromatic heterocycles. The number of pyridine rings is 1. The molecular formula is C50H28BF24NO. The van der Waals surface area contributed by atoms with Gasteiger partial charge < -0.3 is 0 Å². The fraction of sp³-hybridized carbons (Fsp3) is 0.200. The van der Waals surface area contributed by atoms with Crippen molar-refractivity contribution >= 4 is 44.6 Å². The minimum Gasteiger partial charge on any atom is -0.288 e. The molecule has 0 saturated heterocycles. The predicted octanol–water partition coefficient (Wildman–Crippen LogP) is 14.6. The van der Waals surface area contributed by atoms with Crippen molar-refractivity contribution in [3.8, 4) is 0 Å². The van der Waals surface area contributed by atoms with Crippen molar-refractivity contribution in [2.75, 3.05) is 0 Å². The number of nitrogens with zero attached hydrogens (tertiary/aromatic N) is 1. The van der Waals surface area contributed by atoms with E-state index in [0.717, 1.165) is 16.5 Å². The van der Waals surface area contributed by atoms with Gasteiger partial charge >= 0.3 is 49.4 Å². The number of carbonyl (C=O) groups excluding carboxylic acids is 1. The lowest BCUT2D eigenvalue weighted by Gasteiger charge is -2.46. The molecule has 0 spiro atoms. The topological polar surface area (TPSA) is 20.9 Å². The Morgan fingerprint density at radius 3 is 0.883 bits per heavy atom. The summed E-state index contributed by atoms with van der Waals surface area (Å²) in [4.78, 5) is 12.0. The van der Waals surface area contributed by atoms with Crippen molar-refractivity contribution in [2.24, 2.45) is 0 Å². The summed E-state index contributed by atoms with van der Waals surface area (Å²) < 4.78 is 343. The molecular weight excluding hydrogens is 1100 g/mol. The first-order valence-corrected chi connectivity index (χ1v) is 21.3. The zero-order chi connectivity index (χ0) is 57.9. The Bertz CT molecular complexity index is 2870. The van der Waals surface area contributed by atoms with E-state index in [2.05, 4.69) is 18.2 Å². The largest absolute Gasteiger partial charge is 0.416 e. The molecule has 0 unspecified atom stereocenters. The van der Waals surface area contributed by atoms with Crippen LogP contribution >= 0.6 is 0 Å². The maximum absolute atomic E-state index is 14.2. The van der Waals surface area contributed by atoms with Crippen molar-refractivity contribution in [1.29, 1.82) is 0 Å². The first-order chi connectivity index (χ1) is 35.0. The monoisotopic (exact) mass is 1130 g/mol. The molecule has 1 heterocycles. The van der Waals surface area contributed by atoms with Gasteiger partial charge in [0.05, 0.1) is 49.9 Å². The molecule has 2 nitrogen and oxygen atoms in total. The van der Waals surface area contributed by atoms with E-state index in [1.807, 2.05) is 53.2 Å². The third-order valence-electron chi connectivity index (χ3n) is 11.9. The lowest BCUT2D eigenvalue weighted by atomic mass is 9.12. The van der Waals surface area contributed by atoms with E-state index in [-0.39, 0.29) is 5.78 Å². The van der Waals surface area contributed by atoms with Gasteiger partial charge in [-0.25, -0.2) is 0 Å². The van der Waals surface area contributed by atoms with Gasteiger partial charge in [0.15, 0.2) is 12.7 Å². The van der Waals surface area contributed by atoms with Gasteiger partial charge in [0.1, 0.15) is 6.15 Å². The van der Waals surface area contributed by atoms with E-state index >= 15 is 0 Å². The second kappa shape index (κ2) is 20.3. The third-order valence-corrected chi connectivity index (χ3v) is 11.9. The number of hydrogen-bond donors (Lipinski definition) is 0.